The summed E-state index contributed by atoms with van der Waals surface area (Å²) in [5, 5.41) is 12.5. The van der Waals surface area contributed by atoms with Gasteiger partial charge >= 0.3 is 0 Å². The van der Waals surface area contributed by atoms with Crippen LogP contribution in [0.2, 0.25) is 0 Å². The van der Waals surface area contributed by atoms with Gasteiger partial charge in [-0.15, -0.1) is 10.2 Å². The normalized spacial score (nSPS) is 10.9. The number of nitrogens with two attached hydrogens (primary N) is 1. The van der Waals surface area contributed by atoms with Crippen LogP contribution in [-0.4, -0.2) is 29.7 Å². The smallest absolute Gasteiger partial charge is 0.232 e. The zero-order valence-electron chi connectivity index (χ0n) is 17.8. The number of aromatic nitrogens is 6. The summed E-state index contributed by atoms with van der Waals surface area (Å²) < 4.78 is 15.4. The maximum atomic E-state index is 13.6. The standard InChI is InChI=1S/C24H19FN8S/c25-17-11-13-19(14-12-17)33-21(16-7-3-1-4-8-16)31-32-24(33)34-15-20-28-22(26)30-23(29-20)27-18-9-5-2-6-10-18/h1-14H,15H2,(H3,26,27,28,29,30). The van der Waals surface area contributed by atoms with Crippen molar-refractivity contribution in [2.75, 3.05) is 11.1 Å². The Kier molecular flexibility index (Phi) is 6.13. The summed E-state index contributed by atoms with van der Waals surface area (Å²) in [6, 6.07) is 25.5. The van der Waals surface area contributed by atoms with Crippen LogP contribution in [0.5, 0.6) is 0 Å². The van der Waals surface area contributed by atoms with E-state index in [2.05, 4.69) is 30.5 Å². The number of halogens is 1. The zero-order valence-corrected chi connectivity index (χ0v) is 18.7. The van der Waals surface area contributed by atoms with E-state index in [-0.39, 0.29) is 11.8 Å². The monoisotopic (exact) mass is 470 g/mol. The van der Waals surface area contributed by atoms with Crippen molar-refractivity contribution >= 4 is 29.3 Å². The Morgan fingerprint density at radius 1 is 0.824 bits per heavy atom. The van der Waals surface area contributed by atoms with E-state index in [1.165, 1.54) is 23.9 Å². The largest absolute Gasteiger partial charge is 0.368 e. The van der Waals surface area contributed by atoms with Crippen LogP contribution in [-0.2, 0) is 5.75 Å². The van der Waals surface area contributed by atoms with Crippen molar-refractivity contribution < 1.29 is 4.39 Å². The van der Waals surface area contributed by atoms with Crippen molar-refractivity contribution in [1.82, 2.24) is 29.7 Å². The van der Waals surface area contributed by atoms with Gasteiger partial charge in [0.15, 0.2) is 11.0 Å². The van der Waals surface area contributed by atoms with E-state index in [1.807, 2.05) is 65.2 Å². The zero-order chi connectivity index (χ0) is 23.3. The molecule has 2 heterocycles. The van der Waals surface area contributed by atoms with Gasteiger partial charge in [-0.25, -0.2) is 4.39 Å². The summed E-state index contributed by atoms with van der Waals surface area (Å²) in [7, 11) is 0. The van der Waals surface area contributed by atoms with Gasteiger partial charge in [-0.3, -0.25) is 4.57 Å². The molecule has 0 atom stereocenters. The highest BCUT2D eigenvalue weighted by Crippen LogP contribution is 2.29. The van der Waals surface area contributed by atoms with Crippen molar-refractivity contribution in [1.29, 1.82) is 0 Å². The maximum absolute atomic E-state index is 13.6. The van der Waals surface area contributed by atoms with Crippen molar-refractivity contribution in [3.63, 3.8) is 0 Å². The highest BCUT2D eigenvalue weighted by Gasteiger charge is 2.17. The number of nitrogens with zero attached hydrogens (tertiary/aromatic N) is 6. The molecule has 8 nitrogen and oxygen atoms in total. The first-order chi connectivity index (χ1) is 16.7. The van der Waals surface area contributed by atoms with Gasteiger partial charge in [0.2, 0.25) is 11.9 Å². The minimum Gasteiger partial charge on any atom is -0.368 e. The molecule has 168 valence electrons. The summed E-state index contributed by atoms with van der Waals surface area (Å²) in [6.07, 6.45) is 0. The van der Waals surface area contributed by atoms with E-state index in [4.69, 9.17) is 5.73 Å². The highest BCUT2D eigenvalue weighted by atomic mass is 32.2. The predicted molar refractivity (Wildman–Crippen MR) is 130 cm³/mol. The van der Waals surface area contributed by atoms with Gasteiger partial charge in [0, 0.05) is 16.9 Å². The summed E-state index contributed by atoms with van der Waals surface area (Å²) >= 11 is 1.40. The molecule has 0 unspecified atom stereocenters. The molecule has 0 aliphatic rings. The fourth-order valence-corrected chi connectivity index (χ4v) is 4.11. The van der Waals surface area contributed by atoms with E-state index in [9.17, 15) is 4.39 Å². The average molecular weight is 471 g/mol. The van der Waals surface area contributed by atoms with Crippen LogP contribution < -0.4 is 11.1 Å². The molecule has 0 radical (unpaired) electrons. The topological polar surface area (TPSA) is 107 Å². The first-order valence-electron chi connectivity index (χ1n) is 10.4. The third-order valence-corrected chi connectivity index (χ3v) is 5.73. The number of benzene rings is 3. The molecule has 10 heteroatoms. The number of thioether (sulfide) groups is 1. The molecule has 34 heavy (non-hydrogen) atoms. The van der Waals surface area contributed by atoms with Crippen LogP contribution in [0.4, 0.5) is 22.0 Å². The number of hydrogen-bond acceptors (Lipinski definition) is 8. The van der Waals surface area contributed by atoms with Gasteiger partial charge in [0.05, 0.1) is 5.75 Å². The van der Waals surface area contributed by atoms with Crippen LogP contribution in [0, 0.1) is 5.82 Å². The summed E-state index contributed by atoms with van der Waals surface area (Å²) in [4.78, 5) is 12.9. The lowest BCUT2D eigenvalue weighted by Gasteiger charge is -2.11. The van der Waals surface area contributed by atoms with Crippen LogP contribution in [0.3, 0.4) is 0 Å². The Morgan fingerprint density at radius 3 is 2.26 bits per heavy atom. The fourth-order valence-electron chi connectivity index (χ4n) is 3.30. The van der Waals surface area contributed by atoms with Crippen molar-refractivity contribution in [3.05, 3.63) is 96.6 Å². The Balaban J connectivity index is 1.44. The Labute approximate surface area is 199 Å². The van der Waals surface area contributed by atoms with Crippen molar-refractivity contribution in [2.45, 2.75) is 10.9 Å². The molecule has 0 amide bonds. The second kappa shape index (κ2) is 9.67. The van der Waals surface area contributed by atoms with Gasteiger partial charge < -0.3 is 11.1 Å². The minimum atomic E-state index is -0.314. The van der Waals surface area contributed by atoms with Gasteiger partial charge in [0.25, 0.3) is 0 Å². The Morgan fingerprint density at radius 2 is 1.53 bits per heavy atom. The summed E-state index contributed by atoms with van der Waals surface area (Å²) in [5.74, 6) is 1.69. The Bertz CT molecular complexity index is 1390. The van der Waals surface area contributed by atoms with E-state index in [0.29, 0.717) is 28.5 Å². The lowest BCUT2D eigenvalue weighted by atomic mass is 10.2. The van der Waals surface area contributed by atoms with Gasteiger partial charge in [0.1, 0.15) is 11.6 Å². The van der Waals surface area contributed by atoms with E-state index in [0.717, 1.165) is 16.9 Å². The molecule has 0 saturated carbocycles. The molecule has 0 fully saturated rings. The third kappa shape index (κ3) is 4.86. The van der Waals surface area contributed by atoms with E-state index < -0.39 is 0 Å². The molecule has 0 aliphatic carbocycles. The van der Waals surface area contributed by atoms with Crippen LogP contribution in [0.15, 0.2) is 90.1 Å². The quantitative estimate of drug-likeness (QED) is 0.324. The number of rotatable bonds is 7. The van der Waals surface area contributed by atoms with Gasteiger partial charge in [-0.2, -0.15) is 15.0 Å². The van der Waals surface area contributed by atoms with Crippen molar-refractivity contribution in [2.24, 2.45) is 0 Å². The van der Waals surface area contributed by atoms with E-state index >= 15 is 0 Å². The number of hydrogen-bond donors (Lipinski definition) is 2. The molecule has 0 saturated heterocycles. The lowest BCUT2D eigenvalue weighted by Crippen LogP contribution is -2.07. The second-order valence-corrected chi connectivity index (χ2v) is 8.14. The molecule has 5 rings (SSSR count). The first-order valence-corrected chi connectivity index (χ1v) is 11.4. The second-order valence-electron chi connectivity index (χ2n) is 7.20. The van der Waals surface area contributed by atoms with E-state index in [1.54, 1.807) is 12.1 Å². The van der Waals surface area contributed by atoms with Crippen LogP contribution in [0.25, 0.3) is 17.1 Å². The molecular weight excluding hydrogens is 451 g/mol. The predicted octanol–water partition coefficient (Wildman–Crippen LogP) is 4.88. The SMILES string of the molecule is Nc1nc(CSc2nnc(-c3ccccc3)n2-c2ccc(F)cc2)nc(Nc2ccccc2)n1. The molecule has 3 aromatic carbocycles. The molecule has 2 aromatic heterocycles. The number of nitrogens with one attached hydrogen (secondary N) is 1. The molecule has 0 spiro atoms. The Hall–Kier alpha value is -4.31. The summed E-state index contributed by atoms with van der Waals surface area (Å²) in [5.41, 5.74) is 8.40. The number of nitrogen functional groups attached to an aromatic ring is 1. The van der Waals surface area contributed by atoms with Crippen LogP contribution in [0.1, 0.15) is 5.82 Å². The number of para-hydroxylation sites is 1. The van der Waals surface area contributed by atoms with Gasteiger partial charge in [-0.05, 0) is 36.4 Å². The highest BCUT2D eigenvalue weighted by molar-refractivity contribution is 7.98. The lowest BCUT2D eigenvalue weighted by molar-refractivity contribution is 0.627. The van der Waals surface area contributed by atoms with Crippen molar-refractivity contribution in [3.8, 4) is 17.1 Å². The third-order valence-electron chi connectivity index (χ3n) is 4.81. The number of anilines is 3. The van der Waals surface area contributed by atoms with Crippen LogP contribution >= 0.6 is 11.8 Å². The maximum Gasteiger partial charge on any atom is 0.232 e. The summed E-state index contributed by atoms with van der Waals surface area (Å²) in [6.45, 7) is 0. The molecule has 5 aromatic rings. The molecule has 0 bridgehead atoms. The average Bonchev–Trinajstić information content (AvgIpc) is 3.28. The molecular formula is C24H19FN8S. The van der Waals surface area contributed by atoms with Gasteiger partial charge in [-0.1, -0.05) is 60.3 Å². The first kappa shape index (κ1) is 21.5. The molecule has 3 N–H and O–H groups in total. The molecule has 0 aliphatic heterocycles. The fraction of sp³-hybridized carbons (Fsp3) is 0.0417. The minimum absolute atomic E-state index is 0.119.